The molecule has 1 aromatic heterocycles. The molecule has 0 radical (unpaired) electrons. The number of anilines is 1. The third kappa shape index (κ3) is 5.65. The molecule has 2 aliphatic rings. The van der Waals surface area contributed by atoms with Gasteiger partial charge in [-0.15, -0.1) is 0 Å². The van der Waals surface area contributed by atoms with E-state index in [9.17, 15) is 13.2 Å². The predicted octanol–water partition coefficient (Wildman–Crippen LogP) is 1.39. The monoisotopic (exact) mass is 458 g/mol. The smallest absolute Gasteiger partial charge is 0.242 e. The summed E-state index contributed by atoms with van der Waals surface area (Å²) in [6.45, 7) is 5.44. The highest BCUT2D eigenvalue weighted by Gasteiger charge is 2.32. The first-order valence-corrected chi connectivity index (χ1v) is 12.8. The van der Waals surface area contributed by atoms with E-state index in [0.717, 1.165) is 30.0 Å². The summed E-state index contributed by atoms with van der Waals surface area (Å²) in [5, 5.41) is 3.02. The molecule has 0 saturated carbocycles. The molecule has 8 nitrogen and oxygen atoms in total. The number of hydrogen-bond donors (Lipinski definition) is 1. The fraction of sp³-hybridized carbons (Fsp3) is 0.478. The van der Waals surface area contributed by atoms with Gasteiger partial charge in [-0.2, -0.15) is 0 Å². The molecule has 0 bridgehead atoms. The Morgan fingerprint density at radius 2 is 1.91 bits per heavy atom. The average Bonchev–Trinajstić information content (AvgIpc) is 2.80. The van der Waals surface area contributed by atoms with E-state index in [0.29, 0.717) is 26.2 Å². The summed E-state index contributed by atoms with van der Waals surface area (Å²) in [4.78, 5) is 21.9. The van der Waals surface area contributed by atoms with Crippen LogP contribution in [0.15, 0.2) is 48.7 Å². The normalized spacial score (nSPS) is 22.3. The van der Waals surface area contributed by atoms with Crippen LogP contribution in [0.3, 0.4) is 0 Å². The van der Waals surface area contributed by atoms with E-state index in [4.69, 9.17) is 4.74 Å². The van der Waals surface area contributed by atoms with Gasteiger partial charge in [-0.05, 0) is 24.1 Å². The number of morpholine rings is 1. The van der Waals surface area contributed by atoms with Crippen molar-refractivity contribution in [2.45, 2.75) is 25.6 Å². The van der Waals surface area contributed by atoms with Crippen LogP contribution in [-0.2, 0) is 25.9 Å². The van der Waals surface area contributed by atoms with Gasteiger partial charge in [0.2, 0.25) is 5.91 Å². The highest BCUT2D eigenvalue weighted by Crippen LogP contribution is 2.23. The summed E-state index contributed by atoms with van der Waals surface area (Å²) in [5.41, 5.74) is 1.77. The second-order valence-corrected chi connectivity index (χ2v) is 10.7. The summed E-state index contributed by atoms with van der Waals surface area (Å²) < 4.78 is 29.3. The number of benzene rings is 1. The lowest BCUT2D eigenvalue weighted by Gasteiger charge is -2.33. The topological polar surface area (TPSA) is 91.8 Å². The number of amides is 1. The van der Waals surface area contributed by atoms with Crippen molar-refractivity contribution >= 4 is 21.6 Å². The lowest BCUT2D eigenvalue weighted by Crippen LogP contribution is -2.47. The van der Waals surface area contributed by atoms with Crippen LogP contribution in [-0.4, -0.2) is 74.6 Å². The second kappa shape index (κ2) is 9.97. The maximum Gasteiger partial charge on any atom is 0.242 e. The number of rotatable bonds is 6. The van der Waals surface area contributed by atoms with Crippen molar-refractivity contribution in [2.75, 3.05) is 49.2 Å². The number of pyridine rings is 1. The van der Waals surface area contributed by atoms with Crippen molar-refractivity contribution in [1.82, 2.24) is 15.2 Å². The summed E-state index contributed by atoms with van der Waals surface area (Å²) in [5.74, 6) is 0.929. The molecule has 2 fully saturated rings. The molecule has 4 rings (SSSR count). The van der Waals surface area contributed by atoms with Crippen LogP contribution in [0, 0.1) is 0 Å². The second-order valence-electron chi connectivity index (χ2n) is 8.37. The van der Waals surface area contributed by atoms with Crippen LogP contribution in [0.2, 0.25) is 0 Å². The number of sulfone groups is 1. The van der Waals surface area contributed by atoms with Crippen LogP contribution in [0.5, 0.6) is 0 Å². The van der Waals surface area contributed by atoms with E-state index in [1.165, 1.54) is 0 Å². The molecule has 9 heteroatoms. The fourth-order valence-electron chi connectivity index (χ4n) is 4.17. The molecule has 0 spiro atoms. The molecule has 2 unspecified atom stereocenters. The van der Waals surface area contributed by atoms with Crippen LogP contribution in [0.25, 0.3) is 0 Å². The third-order valence-electron chi connectivity index (χ3n) is 5.95. The molecule has 0 aliphatic carbocycles. The molecule has 2 aliphatic heterocycles. The van der Waals surface area contributed by atoms with Gasteiger partial charge in [0.05, 0.1) is 24.2 Å². The highest BCUT2D eigenvalue weighted by molar-refractivity contribution is 7.91. The Kier molecular flexibility index (Phi) is 7.07. The molecule has 2 aromatic rings. The van der Waals surface area contributed by atoms with Crippen molar-refractivity contribution in [3.63, 3.8) is 0 Å². The Hall–Kier alpha value is -2.49. The van der Waals surface area contributed by atoms with Crippen molar-refractivity contribution in [3.05, 3.63) is 59.8 Å². The van der Waals surface area contributed by atoms with E-state index in [1.54, 1.807) is 6.20 Å². The summed E-state index contributed by atoms with van der Waals surface area (Å²) in [6.07, 6.45) is 1.98. The molecule has 1 amide bonds. The zero-order valence-electron chi connectivity index (χ0n) is 18.3. The van der Waals surface area contributed by atoms with Crippen LogP contribution in [0.1, 0.15) is 24.1 Å². The van der Waals surface area contributed by atoms with Gasteiger partial charge in [-0.25, -0.2) is 13.4 Å². The summed E-state index contributed by atoms with van der Waals surface area (Å²) in [7, 11) is -3.02. The number of nitrogens with zero attached hydrogens (tertiary/aromatic N) is 3. The molecule has 32 heavy (non-hydrogen) atoms. The number of nitrogens with one attached hydrogen (secondary N) is 1. The minimum Gasteiger partial charge on any atom is -0.375 e. The zero-order valence-corrected chi connectivity index (χ0v) is 19.1. The molecule has 172 valence electrons. The summed E-state index contributed by atoms with van der Waals surface area (Å²) >= 11 is 0. The van der Waals surface area contributed by atoms with Gasteiger partial charge < -0.3 is 15.0 Å². The minimum atomic E-state index is -3.02. The van der Waals surface area contributed by atoms with Crippen molar-refractivity contribution in [3.8, 4) is 0 Å². The summed E-state index contributed by atoms with van der Waals surface area (Å²) in [6, 6.07) is 12.9. The Balaban J connectivity index is 1.41. The Morgan fingerprint density at radius 1 is 1.16 bits per heavy atom. The number of ether oxygens (including phenoxy) is 1. The Labute approximate surface area is 189 Å². The Morgan fingerprint density at radius 3 is 2.56 bits per heavy atom. The number of carbonyl (C=O) groups is 1. The van der Waals surface area contributed by atoms with E-state index in [1.807, 2.05) is 47.4 Å². The molecule has 1 aromatic carbocycles. The minimum absolute atomic E-state index is 0.0785. The van der Waals surface area contributed by atoms with Gasteiger partial charge >= 0.3 is 0 Å². The predicted molar refractivity (Wildman–Crippen MR) is 123 cm³/mol. The van der Waals surface area contributed by atoms with Gasteiger partial charge in [0, 0.05) is 38.9 Å². The maximum absolute atomic E-state index is 13.2. The first kappa shape index (κ1) is 22.7. The van der Waals surface area contributed by atoms with Crippen molar-refractivity contribution in [1.29, 1.82) is 0 Å². The molecular weight excluding hydrogens is 428 g/mol. The van der Waals surface area contributed by atoms with Gasteiger partial charge in [-0.3, -0.25) is 9.69 Å². The van der Waals surface area contributed by atoms with Gasteiger partial charge in [0.25, 0.3) is 0 Å². The van der Waals surface area contributed by atoms with Crippen LogP contribution < -0.4 is 10.2 Å². The first-order valence-electron chi connectivity index (χ1n) is 11.0. The standard InChI is InChI=1S/C23H30N4O4S/c1-18-17-27(9-12-31-18)21-8-7-19(15-24-21)16-25-23(28)22(20-5-3-2-4-6-20)26-10-13-32(29,30)14-11-26/h2-8,15,18,22H,9-14,16-17H2,1H3,(H,25,28). The lowest BCUT2D eigenvalue weighted by atomic mass is 10.0. The van der Waals surface area contributed by atoms with Gasteiger partial charge in [0.1, 0.15) is 11.9 Å². The fourth-order valence-corrected chi connectivity index (χ4v) is 5.40. The van der Waals surface area contributed by atoms with Crippen LogP contribution >= 0.6 is 0 Å². The quantitative estimate of drug-likeness (QED) is 0.700. The Bertz CT molecular complexity index is 1000. The number of carbonyl (C=O) groups excluding carboxylic acids is 1. The zero-order chi connectivity index (χ0) is 22.6. The maximum atomic E-state index is 13.2. The first-order chi connectivity index (χ1) is 15.4. The molecule has 2 saturated heterocycles. The van der Waals surface area contributed by atoms with Crippen LogP contribution in [0.4, 0.5) is 5.82 Å². The highest BCUT2D eigenvalue weighted by atomic mass is 32.2. The van der Waals surface area contributed by atoms with E-state index in [-0.39, 0.29) is 23.5 Å². The third-order valence-corrected chi connectivity index (χ3v) is 7.56. The van der Waals surface area contributed by atoms with E-state index >= 15 is 0 Å². The molecule has 3 heterocycles. The lowest BCUT2D eigenvalue weighted by molar-refractivity contribution is -0.126. The molecular formula is C23H30N4O4S. The SMILES string of the molecule is CC1CN(c2ccc(CNC(=O)C(c3ccccc3)N3CCS(=O)(=O)CC3)cn2)CCO1. The molecule has 2 atom stereocenters. The largest absolute Gasteiger partial charge is 0.375 e. The van der Waals surface area contributed by atoms with Crippen molar-refractivity contribution < 1.29 is 17.9 Å². The van der Waals surface area contributed by atoms with Gasteiger partial charge in [0.15, 0.2) is 9.84 Å². The number of aromatic nitrogens is 1. The van der Waals surface area contributed by atoms with Gasteiger partial charge in [-0.1, -0.05) is 36.4 Å². The van der Waals surface area contributed by atoms with Crippen molar-refractivity contribution in [2.24, 2.45) is 0 Å². The van der Waals surface area contributed by atoms with E-state index in [2.05, 4.69) is 22.1 Å². The number of hydrogen-bond acceptors (Lipinski definition) is 7. The average molecular weight is 459 g/mol. The van der Waals surface area contributed by atoms with E-state index < -0.39 is 15.9 Å². The molecule has 1 N–H and O–H groups in total.